The van der Waals surface area contributed by atoms with Crippen LogP contribution in [0.4, 0.5) is 11.6 Å². The Morgan fingerprint density at radius 1 is 1.43 bits per heavy atom. The molecule has 4 N–H and O–H groups in total. The van der Waals surface area contributed by atoms with Crippen molar-refractivity contribution in [3.8, 4) is 11.8 Å². The molecule has 1 fully saturated rings. The number of fused-ring (bicyclic) bond motifs is 2. The van der Waals surface area contributed by atoms with Gasteiger partial charge in [0.2, 0.25) is 5.95 Å². The third kappa shape index (κ3) is 3.02. The SMILES string of the molecule is C[C@@](O)(C#Cc1ccc2c(c1)NCC21COC1c1nc(N)ncc1Cl)c1nccs1. The van der Waals surface area contributed by atoms with Crippen molar-refractivity contribution in [1.29, 1.82) is 0 Å². The lowest BCUT2D eigenvalue weighted by molar-refractivity contribution is -0.136. The van der Waals surface area contributed by atoms with Gasteiger partial charge in [-0.1, -0.05) is 29.5 Å². The van der Waals surface area contributed by atoms with Crippen LogP contribution in [0.25, 0.3) is 0 Å². The van der Waals surface area contributed by atoms with Crippen LogP contribution in [-0.2, 0) is 15.8 Å². The summed E-state index contributed by atoms with van der Waals surface area (Å²) in [6, 6.07) is 5.98. The molecule has 152 valence electrons. The lowest BCUT2D eigenvalue weighted by atomic mass is 9.72. The van der Waals surface area contributed by atoms with Gasteiger partial charge in [0.05, 0.1) is 28.9 Å². The first-order valence-electron chi connectivity index (χ1n) is 9.32. The van der Waals surface area contributed by atoms with Gasteiger partial charge in [0.25, 0.3) is 0 Å². The monoisotopic (exact) mass is 439 g/mol. The fourth-order valence-corrected chi connectivity index (χ4v) is 4.75. The number of hydrogen-bond acceptors (Lipinski definition) is 8. The molecule has 3 atom stereocenters. The van der Waals surface area contributed by atoms with Gasteiger partial charge in [-0.3, -0.25) is 0 Å². The predicted molar refractivity (Wildman–Crippen MR) is 115 cm³/mol. The van der Waals surface area contributed by atoms with Crippen molar-refractivity contribution in [2.24, 2.45) is 0 Å². The molecular formula is C21H18ClN5O2S. The molecule has 0 amide bonds. The zero-order chi connectivity index (χ0) is 20.9. The second-order valence-electron chi connectivity index (χ2n) is 7.58. The van der Waals surface area contributed by atoms with E-state index in [0.29, 0.717) is 28.9 Å². The Morgan fingerprint density at radius 2 is 2.30 bits per heavy atom. The van der Waals surface area contributed by atoms with Crippen LogP contribution in [0.1, 0.15) is 34.9 Å². The standard InChI is InChI=1S/C21H18ClN5O2S/c1-20(28,18-24-6-7-30-18)5-4-12-2-3-13-15(8-12)26-10-21(13)11-29-17(21)16-14(22)9-25-19(23)27-16/h2-3,6-9,17,26,28H,10-11H2,1H3,(H2,23,25,27)/t17?,20-,21?/m1/s1. The van der Waals surface area contributed by atoms with E-state index in [1.807, 2.05) is 23.6 Å². The Morgan fingerprint density at radius 3 is 3.03 bits per heavy atom. The number of ether oxygens (including phenoxy) is 1. The molecule has 0 saturated carbocycles. The number of hydrogen-bond donors (Lipinski definition) is 3. The number of thiazole rings is 1. The number of nitrogens with two attached hydrogens (primary N) is 1. The Kier molecular flexibility index (Phi) is 4.45. The van der Waals surface area contributed by atoms with Crippen molar-refractivity contribution in [3.05, 3.63) is 62.8 Å². The van der Waals surface area contributed by atoms with Gasteiger partial charge < -0.3 is 20.9 Å². The number of nitrogen functional groups attached to an aromatic ring is 1. The van der Waals surface area contributed by atoms with E-state index in [1.165, 1.54) is 17.5 Å². The van der Waals surface area contributed by atoms with E-state index >= 15 is 0 Å². The fraction of sp³-hybridized carbons (Fsp3) is 0.286. The van der Waals surface area contributed by atoms with Gasteiger partial charge in [0, 0.05) is 29.4 Å². The maximum absolute atomic E-state index is 10.6. The van der Waals surface area contributed by atoms with Gasteiger partial charge in [0.1, 0.15) is 11.1 Å². The smallest absolute Gasteiger partial charge is 0.220 e. The van der Waals surface area contributed by atoms with Gasteiger partial charge in [0.15, 0.2) is 5.60 Å². The van der Waals surface area contributed by atoms with E-state index < -0.39 is 5.60 Å². The molecule has 1 saturated heterocycles. The normalized spacial score (nSPS) is 23.6. The molecule has 2 unspecified atom stereocenters. The minimum atomic E-state index is -1.29. The van der Waals surface area contributed by atoms with Crippen molar-refractivity contribution in [2.75, 3.05) is 24.2 Å². The van der Waals surface area contributed by atoms with Crippen LogP contribution < -0.4 is 11.1 Å². The number of aromatic nitrogens is 3. The molecule has 30 heavy (non-hydrogen) atoms. The number of rotatable bonds is 2. The molecule has 0 bridgehead atoms. The molecule has 5 rings (SSSR count). The van der Waals surface area contributed by atoms with Crippen molar-refractivity contribution in [1.82, 2.24) is 15.0 Å². The van der Waals surface area contributed by atoms with E-state index in [-0.39, 0.29) is 17.5 Å². The summed E-state index contributed by atoms with van der Waals surface area (Å²) >= 11 is 7.69. The highest BCUT2D eigenvalue weighted by Crippen LogP contribution is 2.54. The number of nitrogens with zero attached hydrogens (tertiary/aromatic N) is 3. The number of benzene rings is 1. The summed E-state index contributed by atoms with van der Waals surface area (Å²) in [7, 11) is 0. The fourth-order valence-electron chi connectivity index (χ4n) is 3.91. The van der Waals surface area contributed by atoms with Crippen LogP contribution >= 0.6 is 22.9 Å². The van der Waals surface area contributed by atoms with Gasteiger partial charge in [-0.15, -0.1) is 11.3 Å². The molecule has 2 aromatic heterocycles. The molecule has 7 nitrogen and oxygen atoms in total. The number of anilines is 2. The van der Waals surface area contributed by atoms with E-state index in [0.717, 1.165) is 16.8 Å². The van der Waals surface area contributed by atoms with Crippen LogP contribution in [0.3, 0.4) is 0 Å². The number of halogens is 1. The second-order valence-corrected chi connectivity index (χ2v) is 8.88. The van der Waals surface area contributed by atoms with Crippen molar-refractivity contribution >= 4 is 34.6 Å². The zero-order valence-corrected chi connectivity index (χ0v) is 17.6. The number of aliphatic hydroxyl groups is 1. The first kappa shape index (κ1) is 19.3. The van der Waals surface area contributed by atoms with Gasteiger partial charge in [-0.2, -0.15) is 0 Å². The highest BCUT2D eigenvalue weighted by atomic mass is 35.5. The minimum absolute atomic E-state index is 0.170. The summed E-state index contributed by atoms with van der Waals surface area (Å²) < 4.78 is 5.87. The highest BCUT2D eigenvalue weighted by molar-refractivity contribution is 7.09. The third-order valence-corrected chi connectivity index (χ3v) is 6.77. The van der Waals surface area contributed by atoms with E-state index in [9.17, 15) is 5.11 Å². The van der Waals surface area contributed by atoms with Gasteiger partial charge >= 0.3 is 0 Å². The summed E-state index contributed by atoms with van der Waals surface area (Å²) in [6.07, 6.45) is 2.86. The summed E-state index contributed by atoms with van der Waals surface area (Å²) in [5, 5.41) is 16.9. The third-order valence-electron chi connectivity index (χ3n) is 5.50. The summed E-state index contributed by atoms with van der Waals surface area (Å²) in [6.45, 7) is 2.90. The Bertz CT molecular complexity index is 1190. The quantitative estimate of drug-likeness (QED) is 0.527. The van der Waals surface area contributed by atoms with Crippen LogP contribution in [0.2, 0.25) is 5.02 Å². The molecule has 2 aliphatic heterocycles. The molecule has 0 aliphatic carbocycles. The minimum Gasteiger partial charge on any atom is -0.384 e. The predicted octanol–water partition coefficient (Wildman–Crippen LogP) is 2.86. The summed E-state index contributed by atoms with van der Waals surface area (Å²) in [4.78, 5) is 12.4. The first-order chi connectivity index (χ1) is 14.4. The Labute approximate surface area is 182 Å². The van der Waals surface area contributed by atoms with Gasteiger partial charge in [-0.05, 0) is 24.6 Å². The molecule has 9 heteroatoms. The Balaban J connectivity index is 1.45. The summed E-state index contributed by atoms with van der Waals surface area (Å²) in [5.41, 5.74) is 7.72. The molecule has 0 radical (unpaired) electrons. The van der Waals surface area contributed by atoms with Crippen LogP contribution in [0.5, 0.6) is 0 Å². The van der Waals surface area contributed by atoms with E-state index in [4.69, 9.17) is 22.1 Å². The van der Waals surface area contributed by atoms with Crippen LogP contribution in [0.15, 0.2) is 36.0 Å². The maximum Gasteiger partial charge on any atom is 0.220 e. The van der Waals surface area contributed by atoms with Crippen LogP contribution in [-0.4, -0.2) is 33.2 Å². The molecule has 4 heterocycles. The average Bonchev–Trinajstić information content (AvgIpc) is 3.37. The number of nitrogens with one attached hydrogen (secondary N) is 1. The second kappa shape index (κ2) is 6.93. The van der Waals surface area contributed by atoms with Crippen molar-refractivity contribution in [3.63, 3.8) is 0 Å². The largest absolute Gasteiger partial charge is 0.384 e. The molecule has 2 aliphatic rings. The average molecular weight is 440 g/mol. The molecule has 1 spiro atoms. The lowest BCUT2D eigenvalue weighted by Crippen LogP contribution is -2.51. The maximum atomic E-state index is 10.6. The van der Waals surface area contributed by atoms with Gasteiger partial charge in [-0.25, -0.2) is 15.0 Å². The summed E-state index contributed by atoms with van der Waals surface area (Å²) in [5.74, 6) is 6.15. The van der Waals surface area contributed by atoms with E-state index in [2.05, 4.69) is 32.1 Å². The topological polar surface area (TPSA) is 106 Å². The van der Waals surface area contributed by atoms with Crippen LogP contribution in [0, 0.1) is 11.8 Å². The first-order valence-corrected chi connectivity index (χ1v) is 10.6. The molecular weight excluding hydrogens is 422 g/mol. The van der Waals surface area contributed by atoms with Crippen molar-refractivity contribution < 1.29 is 9.84 Å². The highest BCUT2D eigenvalue weighted by Gasteiger charge is 2.55. The van der Waals surface area contributed by atoms with E-state index in [1.54, 1.807) is 13.1 Å². The van der Waals surface area contributed by atoms with Crippen molar-refractivity contribution in [2.45, 2.75) is 24.0 Å². The zero-order valence-electron chi connectivity index (χ0n) is 16.0. The lowest BCUT2D eigenvalue weighted by Gasteiger charge is -2.46. The molecule has 3 aromatic rings. The Hall–Kier alpha value is -2.70. The molecule has 1 aromatic carbocycles.